The van der Waals surface area contributed by atoms with Crippen LogP contribution in [-0.4, -0.2) is 0 Å². The quantitative estimate of drug-likeness (QED) is 0.475. The Balaban J connectivity index is 0. The summed E-state index contributed by atoms with van der Waals surface area (Å²) in [5.41, 5.74) is 0. The van der Waals surface area contributed by atoms with Crippen molar-refractivity contribution in [2.75, 3.05) is 0 Å². The van der Waals surface area contributed by atoms with Gasteiger partial charge < -0.3 is 32.9 Å². The van der Waals surface area contributed by atoms with Crippen LogP contribution in [0.25, 0.3) is 0 Å². The summed E-state index contributed by atoms with van der Waals surface area (Å²) in [5.74, 6) is 0. The molecule has 0 aliphatic heterocycles. The molecule has 0 heterocycles. The Labute approximate surface area is 118 Å². The fourth-order valence-electron chi connectivity index (χ4n) is 0. The molecular weight excluding hydrogens is 391 g/mol. The van der Waals surface area contributed by atoms with Crippen molar-refractivity contribution in [1.29, 1.82) is 0 Å². The van der Waals surface area contributed by atoms with E-state index in [0.717, 1.165) is 0 Å². The average Bonchev–Trinajstić information content (AvgIpc) is 0. The van der Waals surface area contributed by atoms with Crippen molar-refractivity contribution >= 4 is 0 Å². The molecule has 0 fully saturated rings. The summed E-state index contributed by atoms with van der Waals surface area (Å²) in [5, 5.41) is 0. The predicted molar refractivity (Wildman–Crippen MR) is 4.12 cm³/mol. The summed E-state index contributed by atoms with van der Waals surface area (Å²) in [6.45, 7) is 0. The summed E-state index contributed by atoms with van der Waals surface area (Å²) in [6, 6.07) is 0. The zero-order chi connectivity index (χ0) is 0. The summed E-state index contributed by atoms with van der Waals surface area (Å²) in [4.78, 5) is 0. The Morgan fingerprint density at radius 1 is 0.273 bits per heavy atom. The first-order valence-corrected chi connectivity index (χ1v) is 0. The van der Waals surface area contributed by atoms with Crippen LogP contribution < -0.4 is 0 Å². The van der Waals surface area contributed by atoms with Crippen molar-refractivity contribution in [2.24, 2.45) is 0 Å². The Bertz CT molecular complexity index is 15.8. The maximum Gasteiger partial charge on any atom is 3.00 e. The van der Waals surface area contributed by atoms with E-state index in [1.807, 2.05) is 0 Å². The maximum atomic E-state index is 0. The van der Waals surface area contributed by atoms with E-state index in [1.165, 1.54) is 0 Å². The zero-order valence-electron chi connectivity index (χ0n) is 4.17. The minimum absolute atomic E-state index is 0. The molecule has 11 heteroatoms. The smallest absolute Gasteiger partial charge is 2.00 e. The monoisotopic (exact) mass is 389 g/mol. The van der Waals surface area contributed by atoms with Gasteiger partial charge >= 0.3 is 85.9 Å². The largest absolute Gasteiger partial charge is 3.00 e. The summed E-state index contributed by atoms with van der Waals surface area (Å²) < 4.78 is 0. The topological polar surface area (TPSA) is 171 Å². The van der Waals surface area contributed by atoms with Gasteiger partial charge in [0.2, 0.25) is 0 Å². The second-order valence-electron chi connectivity index (χ2n) is 0. The van der Waals surface area contributed by atoms with Gasteiger partial charge in [0, 0.05) is 0 Å². The normalized spacial score (nSPS) is 0. The number of hydrogen-bond acceptors (Lipinski definition) is 0. The molecule has 0 bridgehead atoms. The molecule has 0 atom stereocenters. The molecule has 81 valence electrons. The fraction of sp³-hybridized carbons (Fsp3) is 0. The van der Waals surface area contributed by atoms with E-state index in [9.17, 15) is 0 Å². The molecule has 0 N–H and O–H groups in total. The first-order chi connectivity index (χ1) is 0. The van der Waals surface area contributed by atoms with Gasteiger partial charge in [-0.3, -0.25) is 0 Å². The molecule has 0 aliphatic rings. The molecule has 6 nitrogen and oxygen atoms in total. The van der Waals surface area contributed by atoms with Crippen LogP contribution in [0.2, 0.25) is 0 Å². The predicted octanol–water partition coefficient (Wildman–Crippen LogP) is -0.725. The average molecular weight is 391 g/mol. The molecule has 0 aromatic heterocycles. The van der Waals surface area contributed by atoms with Gasteiger partial charge in [-0.25, -0.2) is 0 Å². The molecule has 5 radical (unpaired) electrons. The van der Waals surface area contributed by atoms with E-state index in [-0.39, 0.29) is 119 Å². The molecule has 11 heavy (non-hydrogen) atoms. The van der Waals surface area contributed by atoms with E-state index in [4.69, 9.17) is 0 Å². The van der Waals surface area contributed by atoms with Crippen molar-refractivity contribution < 1.29 is 119 Å². The molecule has 0 amide bonds. The van der Waals surface area contributed by atoms with Crippen LogP contribution in [0.1, 0.15) is 0 Å². The Hall–Kier alpha value is 2.38. The zero-order valence-corrected chi connectivity index (χ0v) is 9.55. The number of hydrogen-bond donors (Lipinski definition) is 0. The SMILES string of the molecule is [Cr+3].[Cr+3].[Cu+2].[Cu+2].[Cu+2].[O-2].[O-2].[O-2].[O-2].[O-2].[O-2]. The van der Waals surface area contributed by atoms with Gasteiger partial charge in [-0.2, -0.15) is 0 Å². The molecule has 0 aromatic carbocycles. The molecule has 0 saturated carbocycles. The van der Waals surface area contributed by atoms with Crippen molar-refractivity contribution in [3.05, 3.63) is 0 Å². The molecule has 0 rings (SSSR count). The van der Waals surface area contributed by atoms with Crippen molar-refractivity contribution in [1.82, 2.24) is 0 Å². The molecule has 0 saturated heterocycles. The van der Waals surface area contributed by atoms with E-state index in [2.05, 4.69) is 0 Å². The van der Waals surface area contributed by atoms with Gasteiger partial charge in [0.15, 0.2) is 0 Å². The minimum Gasteiger partial charge on any atom is -2.00 e. The van der Waals surface area contributed by atoms with Crippen LogP contribution in [0.4, 0.5) is 0 Å². The van der Waals surface area contributed by atoms with Gasteiger partial charge in [0.25, 0.3) is 0 Å². The van der Waals surface area contributed by atoms with Crippen molar-refractivity contribution in [3.8, 4) is 0 Å². The minimum atomic E-state index is 0. The molecule has 0 aliphatic carbocycles. The van der Waals surface area contributed by atoms with Crippen LogP contribution in [0.15, 0.2) is 0 Å². The second-order valence-corrected chi connectivity index (χ2v) is 0. The van der Waals surface area contributed by atoms with Crippen LogP contribution in [0.5, 0.6) is 0 Å². The third-order valence-electron chi connectivity index (χ3n) is 0. The van der Waals surface area contributed by atoms with Crippen molar-refractivity contribution in [3.63, 3.8) is 0 Å². The maximum absolute atomic E-state index is 0. The van der Waals surface area contributed by atoms with Gasteiger partial charge in [-0.15, -0.1) is 0 Å². The fourth-order valence-corrected chi connectivity index (χ4v) is 0. The van der Waals surface area contributed by atoms with Crippen LogP contribution in [0.3, 0.4) is 0 Å². The second kappa shape index (κ2) is 282. The molecular formula is Cr2Cu3O6. The molecule has 0 unspecified atom stereocenters. The standard InChI is InChI=1S/2Cr.3Cu.6O/q2*+3;3*+2;6*-2. The number of rotatable bonds is 0. The van der Waals surface area contributed by atoms with E-state index in [1.54, 1.807) is 0 Å². The summed E-state index contributed by atoms with van der Waals surface area (Å²) >= 11 is 0. The third-order valence-corrected chi connectivity index (χ3v) is 0. The van der Waals surface area contributed by atoms with Gasteiger partial charge in [-0.1, -0.05) is 0 Å². The summed E-state index contributed by atoms with van der Waals surface area (Å²) in [6.07, 6.45) is 0. The Kier molecular flexibility index (Phi) is 9280. The van der Waals surface area contributed by atoms with Gasteiger partial charge in [0.1, 0.15) is 0 Å². The first-order valence-electron chi connectivity index (χ1n) is 0. The van der Waals surface area contributed by atoms with Crippen LogP contribution in [-0.2, 0) is 119 Å². The van der Waals surface area contributed by atoms with Gasteiger partial charge in [0.05, 0.1) is 0 Å². The van der Waals surface area contributed by atoms with Crippen LogP contribution >= 0.6 is 0 Å². The molecule has 0 aromatic rings. The first kappa shape index (κ1) is 361. The summed E-state index contributed by atoms with van der Waals surface area (Å²) in [7, 11) is 0. The molecule has 0 spiro atoms. The van der Waals surface area contributed by atoms with E-state index in [0.29, 0.717) is 0 Å². The third kappa shape index (κ3) is 235. The van der Waals surface area contributed by atoms with Crippen LogP contribution in [0, 0.1) is 0 Å². The Morgan fingerprint density at radius 3 is 0.273 bits per heavy atom. The van der Waals surface area contributed by atoms with Crippen molar-refractivity contribution in [2.45, 2.75) is 0 Å². The van der Waals surface area contributed by atoms with E-state index >= 15 is 0 Å². The Morgan fingerprint density at radius 2 is 0.273 bits per heavy atom. The van der Waals surface area contributed by atoms with Gasteiger partial charge in [-0.05, 0) is 0 Å². The van der Waals surface area contributed by atoms with E-state index < -0.39 is 0 Å².